The van der Waals surface area contributed by atoms with Crippen molar-refractivity contribution in [3.05, 3.63) is 51.1 Å². The van der Waals surface area contributed by atoms with Gasteiger partial charge in [-0.2, -0.15) is 0 Å². The Kier molecular flexibility index (Phi) is 5.73. The lowest BCUT2D eigenvalue weighted by molar-refractivity contribution is -0.934. The van der Waals surface area contributed by atoms with Crippen LogP contribution in [0.4, 0.5) is 0 Å². The molecule has 0 saturated carbocycles. The summed E-state index contributed by atoms with van der Waals surface area (Å²) in [4.78, 5) is 18.0. The summed E-state index contributed by atoms with van der Waals surface area (Å²) in [5.41, 5.74) is 3.67. The van der Waals surface area contributed by atoms with Gasteiger partial charge in [-0.05, 0) is 80.5 Å². The van der Waals surface area contributed by atoms with Crippen molar-refractivity contribution in [2.24, 2.45) is 5.92 Å². The van der Waals surface area contributed by atoms with Gasteiger partial charge in [0.25, 0.3) is 5.56 Å². The summed E-state index contributed by atoms with van der Waals surface area (Å²) in [6.45, 7) is 14.9. The van der Waals surface area contributed by atoms with Crippen molar-refractivity contribution in [1.29, 1.82) is 0 Å². The number of nitrogens with one attached hydrogen (secondary N) is 2. The third-order valence-electron chi connectivity index (χ3n) is 7.04. The van der Waals surface area contributed by atoms with Gasteiger partial charge in [0.05, 0.1) is 29.7 Å². The van der Waals surface area contributed by atoms with Crippen LogP contribution in [-0.2, 0) is 5.54 Å². The van der Waals surface area contributed by atoms with Crippen molar-refractivity contribution in [3.8, 4) is 0 Å². The summed E-state index contributed by atoms with van der Waals surface area (Å²) in [5, 5.41) is 14.0. The highest BCUT2D eigenvalue weighted by atomic mass is 16.1. The molecule has 7 nitrogen and oxygen atoms in total. The second kappa shape index (κ2) is 8.19. The normalized spacial score (nSPS) is 20.8. The Bertz CT molecular complexity index is 1140. The number of piperidine rings is 1. The van der Waals surface area contributed by atoms with E-state index in [2.05, 4.69) is 73.3 Å². The molecule has 7 heteroatoms. The van der Waals surface area contributed by atoms with E-state index in [0.717, 1.165) is 53.8 Å². The van der Waals surface area contributed by atoms with E-state index in [0.29, 0.717) is 5.92 Å². The Morgan fingerprint density at radius 1 is 1.29 bits per heavy atom. The van der Waals surface area contributed by atoms with Gasteiger partial charge in [0.1, 0.15) is 0 Å². The molecule has 1 unspecified atom stereocenters. The maximum atomic E-state index is 13.4. The SMILES string of the molecule is CCC(C)(C)n1nnnc1[C@H](c1cc2cc(C)cc(C)c2[nH]c1=O)[NH+]1CCC[C@H](C)C1. The molecule has 1 aliphatic heterocycles. The van der Waals surface area contributed by atoms with Crippen LogP contribution in [-0.4, -0.2) is 38.3 Å². The topological polar surface area (TPSA) is 80.9 Å². The van der Waals surface area contributed by atoms with Gasteiger partial charge in [-0.25, -0.2) is 4.68 Å². The van der Waals surface area contributed by atoms with E-state index in [1.807, 2.05) is 11.6 Å². The van der Waals surface area contributed by atoms with Crippen LogP contribution in [0.3, 0.4) is 0 Å². The fourth-order valence-electron chi connectivity index (χ4n) is 5.01. The van der Waals surface area contributed by atoms with Crippen LogP contribution in [0.1, 0.15) is 75.5 Å². The minimum atomic E-state index is -0.227. The van der Waals surface area contributed by atoms with Crippen LogP contribution in [0.15, 0.2) is 23.0 Å². The molecule has 0 aliphatic carbocycles. The molecule has 0 spiro atoms. The maximum Gasteiger partial charge on any atom is 0.258 e. The van der Waals surface area contributed by atoms with Crippen molar-refractivity contribution in [2.45, 2.75) is 72.4 Å². The van der Waals surface area contributed by atoms with Gasteiger partial charge < -0.3 is 9.88 Å². The third-order valence-corrected chi connectivity index (χ3v) is 7.04. The molecule has 4 rings (SSSR count). The fraction of sp³-hybridized carbons (Fsp3) is 0.583. The minimum absolute atomic E-state index is 0.0426. The van der Waals surface area contributed by atoms with Crippen LogP contribution in [0.2, 0.25) is 0 Å². The maximum absolute atomic E-state index is 13.4. The van der Waals surface area contributed by atoms with Gasteiger partial charge in [-0.3, -0.25) is 4.79 Å². The van der Waals surface area contributed by atoms with Gasteiger partial charge in [0.2, 0.25) is 5.82 Å². The summed E-state index contributed by atoms with van der Waals surface area (Å²) in [6, 6.07) is 6.13. The fourth-order valence-corrected chi connectivity index (χ4v) is 5.01. The van der Waals surface area contributed by atoms with Crippen molar-refractivity contribution < 1.29 is 4.90 Å². The average molecular weight is 424 g/mol. The smallest absolute Gasteiger partial charge is 0.258 e. The Labute approximate surface area is 183 Å². The predicted molar refractivity (Wildman–Crippen MR) is 122 cm³/mol. The van der Waals surface area contributed by atoms with E-state index in [9.17, 15) is 4.79 Å². The van der Waals surface area contributed by atoms with E-state index >= 15 is 0 Å². The molecule has 1 saturated heterocycles. The summed E-state index contributed by atoms with van der Waals surface area (Å²) in [5.74, 6) is 1.39. The molecule has 1 fully saturated rings. The molecule has 0 radical (unpaired) electrons. The number of aromatic nitrogens is 5. The average Bonchev–Trinajstić information content (AvgIpc) is 3.20. The molecule has 3 heterocycles. The molecule has 0 bridgehead atoms. The third kappa shape index (κ3) is 4.03. The number of tetrazole rings is 1. The van der Waals surface area contributed by atoms with E-state index in [4.69, 9.17) is 0 Å². The van der Waals surface area contributed by atoms with E-state index in [1.54, 1.807) is 0 Å². The molecule has 3 atom stereocenters. The number of fused-ring (bicyclic) bond motifs is 1. The zero-order chi connectivity index (χ0) is 22.3. The Hall–Kier alpha value is -2.54. The summed E-state index contributed by atoms with van der Waals surface area (Å²) in [7, 11) is 0. The first-order valence-electron chi connectivity index (χ1n) is 11.5. The number of rotatable bonds is 5. The van der Waals surface area contributed by atoms with Gasteiger partial charge in [0.15, 0.2) is 6.04 Å². The van der Waals surface area contributed by atoms with E-state index in [1.165, 1.54) is 16.9 Å². The van der Waals surface area contributed by atoms with Crippen LogP contribution in [0.25, 0.3) is 10.9 Å². The number of pyridine rings is 1. The van der Waals surface area contributed by atoms with Crippen molar-refractivity contribution in [1.82, 2.24) is 25.2 Å². The van der Waals surface area contributed by atoms with Crippen molar-refractivity contribution in [2.75, 3.05) is 13.1 Å². The molecule has 0 amide bonds. The highest BCUT2D eigenvalue weighted by Gasteiger charge is 2.38. The van der Waals surface area contributed by atoms with Gasteiger partial charge in [-0.1, -0.05) is 25.5 Å². The largest absolute Gasteiger partial charge is 0.322 e. The molecule has 31 heavy (non-hydrogen) atoms. The molecule has 166 valence electrons. The molecular weight excluding hydrogens is 388 g/mol. The molecule has 2 N–H and O–H groups in total. The number of aromatic amines is 1. The summed E-state index contributed by atoms with van der Waals surface area (Å²) >= 11 is 0. The van der Waals surface area contributed by atoms with Crippen LogP contribution >= 0.6 is 0 Å². The second-order valence-corrected chi connectivity index (χ2v) is 10.0. The van der Waals surface area contributed by atoms with Crippen molar-refractivity contribution in [3.63, 3.8) is 0 Å². The quantitative estimate of drug-likeness (QED) is 0.661. The van der Waals surface area contributed by atoms with Gasteiger partial charge in [-0.15, -0.1) is 5.10 Å². The number of quaternary nitrogens is 1. The molecule has 1 aromatic carbocycles. The standard InChI is InChI=1S/C24H34N6O/c1-7-24(5,6)30-22(26-27-28-30)21(29-10-8-9-15(2)14-29)19-13-18-12-16(3)11-17(4)20(18)25-23(19)31/h11-13,15,21H,7-10,14H2,1-6H3,(H,25,31)/p+1/t15-,21-/m0/s1. The van der Waals surface area contributed by atoms with Crippen LogP contribution in [0.5, 0.6) is 0 Å². The number of nitrogens with zero attached hydrogens (tertiary/aromatic N) is 4. The highest BCUT2D eigenvalue weighted by Crippen LogP contribution is 2.26. The number of benzene rings is 1. The molecule has 3 aromatic rings. The number of likely N-dealkylation sites (tertiary alicyclic amines) is 1. The monoisotopic (exact) mass is 423 g/mol. The summed E-state index contributed by atoms with van der Waals surface area (Å²) in [6.07, 6.45) is 3.28. The summed E-state index contributed by atoms with van der Waals surface area (Å²) < 4.78 is 1.94. The first-order valence-corrected chi connectivity index (χ1v) is 11.5. The lowest BCUT2D eigenvalue weighted by Crippen LogP contribution is -3.14. The van der Waals surface area contributed by atoms with Gasteiger partial charge >= 0.3 is 0 Å². The minimum Gasteiger partial charge on any atom is -0.322 e. The van der Waals surface area contributed by atoms with E-state index in [-0.39, 0.29) is 17.1 Å². The number of hydrogen-bond donors (Lipinski definition) is 2. The number of hydrogen-bond acceptors (Lipinski definition) is 4. The zero-order valence-corrected chi connectivity index (χ0v) is 19.6. The van der Waals surface area contributed by atoms with E-state index < -0.39 is 0 Å². The molecular formula is C24H35N6O+. The second-order valence-electron chi connectivity index (χ2n) is 10.0. The first kappa shape index (κ1) is 21.7. The predicted octanol–water partition coefficient (Wildman–Crippen LogP) is 2.68. The Morgan fingerprint density at radius 3 is 2.77 bits per heavy atom. The van der Waals surface area contributed by atoms with Crippen molar-refractivity contribution >= 4 is 10.9 Å². The lowest BCUT2D eigenvalue weighted by atomic mass is 9.94. The first-order chi connectivity index (χ1) is 14.7. The zero-order valence-electron chi connectivity index (χ0n) is 19.6. The highest BCUT2D eigenvalue weighted by molar-refractivity contribution is 5.83. The van der Waals surface area contributed by atoms with Gasteiger partial charge in [0, 0.05) is 5.92 Å². The lowest BCUT2D eigenvalue weighted by Gasteiger charge is -2.35. The Balaban J connectivity index is 1.94. The molecule has 2 aromatic heterocycles. The molecule has 1 aliphatic rings. The number of aryl methyl sites for hydroxylation is 2. The number of H-pyrrole nitrogens is 1. The van der Waals surface area contributed by atoms with Crippen LogP contribution in [0, 0.1) is 19.8 Å². The van der Waals surface area contributed by atoms with Crippen LogP contribution < -0.4 is 10.5 Å². The Morgan fingerprint density at radius 2 is 2.06 bits per heavy atom.